The van der Waals surface area contributed by atoms with E-state index in [1.54, 1.807) is 7.11 Å². The van der Waals surface area contributed by atoms with Crippen molar-refractivity contribution in [3.63, 3.8) is 0 Å². The van der Waals surface area contributed by atoms with E-state index in [0.717, 1.165) is 30.7 Å². The van der Waals surface area contributed by atoms with Gasteiger partial charge in [0.15, 0.2) is 0 Å². The highest BCUT2D eigenvalue weighted by Crippen LogP contribution is 2.19. The number of para-hydroxylation sites is 1. The average molecular weight is 286 g/mol. The first-order valence-electron chi connectivity index (χ1n) is 5.72. The van der Waals surface area contributed by atoms with E-state index in [1.807, 2.05) is 12.1 Å². The van der Waals surface area contributed by atoms with Crippen molar-refractivity contribution in [2.45, 2.75) is 19.9 Å². The van der Waals surface area contributed by atoms with Gasteiger partial charge in [-0.05, 0) is 19.0 Å². The average Bonchev–Trinajstić information content (AvgIpc) is 2.30. The summed E-state index contributed by atoms with van der Waals surface area (Å²) in [6.07, 6.45) is 1.18. The lowest BCUT2D eigenvalue weighted by Crippen LogP contribution is -2.26. The van der Waals surface area contributed by atoms with Crippen molar-refractivity contribution in [1.29, 1.82) is 0 Å². The molecule has 1 aromatic carbocycles. The van der Waals surface area contributed by atoms with Gasteiger partial charge in [-0.2, -0.15) is 0 Å². The highest BCUT2D eigenvalue weighted by molar-refractivity contribution is 9.09. The second kappa shape index (κ2) is 7.69. The largest absolute Gasteiger partial charge is 0.496 e. The third-order valence-electron chi connectivity index (χ3n) is 2.53. The normalized spacial score (nSPS) is 10.8. The standard InChI is InChI=1S/C13H20BrNO/c1-3-9-15(10-8-14)11-12-6-4-5-7-13(12)16-2/h4-7H,3,8-11H2,1-2H3. The van der Waals surface area contributed by atoms with Crippen molar-refractivity contribution >= 4 is 15.9 Å². The number of benzene rings is 1. The molecule has 16 heavy (non-hydrogen) atoms. The highest BCUT2D eigenvalue weighted by atomic mass is 79.9. The van der Waals surface area contributed by atoms with Crippen LogP contribution in [0.4, 0.5) is 0 Å². The number of hydrogen-bond acceptors (Lipinski definition) is 2. The van der Waals surface area contributed by atoms with Gasteiger partial charge in [-0.15, -0.1) is 0 Å². The number of hydrogen-bond donors (Lipinski definition) is 0. The predicted molar refractivity (Wildman–Crippen MR) is 72.4 cm³/mol. The molecular formula is C13H20BrNO. The van der Waals surface area contributed by atoms with Crippen LogP contribution in [0.2, 0.25) is 0 Å². The Labute approximate surface area is 107 Å². The van der Waals surface area contributed by atoms with Crippen LogP contribution in [0.1, 0.15) is 18.9 Å². The Bertz CT molecular complexity index is 298. The summed E-state index contributed by atoms with van der Waals surface area (Å²) >= 11 is 3.50. The van der Waals surface area contributed by atoms with E-state index in [-0.39, 0.29) is 0 Å². The highest BCUT2D eigenvalue weighted by Gasteiger charge is 2.07. The number of rotatable bonds is 7. The zero-order chi connectivity index (χ0) is 11.8. The number of alkyl halides is 1. The molecule has 0 saturated heterocycles. The molecule has 1 aromatic rings. The molecule has 90 valence electrons. The summed E-state index contributed by atoms with van der Waals surface area (Å²) in [5.41, 5.74) is 1.26. The molecule has 3 heteroatoms. The summed E-state index contributed by atoms with van der Waals surface area (Å²) in [6.45, 7) is 5.38. The van der Waals surface area contributed by atoms with Gasteiger partial charge in [-0.3, -0.25) is 4.90 Å². The molecule has 0 aliphatic heterocycles. The Morgan fingerprint density at radius 2 is 2.00 bits per heavy atom. The van der Waals surface area contributed by atoms with Crippen molar-refractivity contribution in [1.82, 2.24) is 4.90 Å². The maximum absolute atomic E-state index is 5.36. The quantitative estimate of drug-likeness (QED) is 0.713. The van der Waals surface area contributed by atoms with Crippen LogP contribution < -0.4 is 4.74 Å². The van der Waals surface area contributed by atoms with E-state index in [9.17, 15) is 0 Å². The molecule has 0 aliphatic rings. The molecule has 0 saturated carbocycles. The molecule has 0 N–H and O–H groups in total. The van der Waals surface area contributed by atoms with Crippen molar-refractivity contribution < 1.29 is 4.74 Å². The van der Waals surface area contributed by atoms with Gasteiger partial charge in [-0.25, -0.2) is 0 Å². The number of ether oxygens (including phenoxy) is 1. The zero-order valence-electron chi connectivity index (χ0n) is 10.1. The van der Waals surface area contributed by atoms with Crippen LogP contribution >= 0.6 is 15.9 Å². The molecule has 2 nitrogen and oxygen atoms in total. The van der Waals surface area contributed by atoms with Crippen LogP contribution in [0, 0.1) is 0 Å². The smallest absolute Gasteiger partial charge is 0.123 e. The lowest BCUT2D eigenvalue weighted by Gasteiger charge is -2.21. The molecule has 0 amide bonds. The molecule has 0 atom stereocenters. The Kier molecular flexibility index (Phi) is 6.50. The molecular weight excluding hydrogens is 266 g/mol. The minimum atomic E-state index is 0.962. The van der Waals surface area contributed by atoms with E-state index in [0.29, 0.717) is 0 Å². The van der Waals surface area contributed by atoms with Crippen LogP contribution in [-0.4, -0.2) is 30.4 Å². The van der Waals surface area contributed by atoms with E-state index in [2.05, 4.69) is 39.9 Å². The zero-order valence-corrected chi connectivity index (χ0v) is 11.7. The summed E-state index contributed by atoms with van der Waals surface area (Å²) < 4.78 is 5.36. The van der Waals surface area contributed by atoms with Crippen molar-refractivity contribution in [2.75, 3.05) is 25.5 Å². The summed E-state index contributed by atoms with van der Waals surface area (Å²) in [6, 6.07) is 8.23. The van der Waals surface area contributed by atoms with Crippen molar-refractivity contribution in [3.05, 3.63) is 29.8 Å². The molecule has 0 fully saturated rings. The van der Waals surface area contributed by atoms with Gasteiger partial charge in [-0.1, -0.05) is 41.1 Å². The molecule has 0 heterocycles. The molecule has 0 spiro atoms. The fraction of sp³-hybridized carbons (Fsp3) is 0.538. The Balaban J connectivity index is 2.67. The van der Waals surface area contributed by atoms with Gasteiger partial charge >= 0.3 is 0 Å². The first-order chi connectivity index (χ1) is 7.81. The van der Waals surface area contributed by atoms with Crippen LogP contribution in [0.5, 0.6) is 5.75 Å². The van der Waals surface area contributed by atoms with E-state index < -0.39 is 0 Å². The number of methoxy groups -OCH3 is 1. The first kappa shape index (κ1) is 13.5. The molecule has 0 aromatic heterocycles. The number of halogens is 1. The summed E-state index contributed by atoms with van der Waals surface area (Å²) in [5.74, 6) is 0.984. The van der Waals surface area contributed by atoms with Crippen LogP contribution in [0.15, 0.2) is 24.3 Å². The summed E-state index contributed by atoms with van der Waals surface area (Å²) in [4.78, 5) is 2.44. The Morgan fingerprint density at radius 3 is 2.62 bits per heavy atom. The van der Waals surface area contributed by atoms with Gasteiger partial charge < -0.3 is 4.74 Å². The fourth-order valence-electron chi connectivity index (χ4n) is 1.78. The minimum Gasteiger partial charge on any atom is -0.496 e. The third kappa shape index (κ3) is 4.14. The monoisotopic (exact) mass is 285 g/mol. The summed E-state index contributed by atoms with van der Waals surface area (Å²) in [7, 11) is 1.73. The maximum Gasteiger partial charge on any atom is 0.123 e. The molecule has 0 aliphatic carbocycles. The molecule has 0 unspecified atom stereocenters. The fourth-order valence-corrected chi connectivity index (χ4v) is 2.28. The minimum absolute atomic E-state index is 0.962. The van der Waals surface area contributed by atoms with Crippen molar-refractivity contribution in [3.8, 4) is 5.75 Å². The lowest BCUT2D eigenvalue weighted by atomic mass is 10.2. The maximum atomic E-state index is 5.36. The Morgan fingerprint density at radius 1 is 1.25 bits per heavy atom. The topological polar surface area (TPSA) is 12.5 Å². The van der Waals surface area contributed by atoms with Crippen molar-refractivity contribution in [2.24, 2.45) is 0 Å². The van der Waals surface area contributed by atoms with Crippen LogP contribution in [0.25, 0.3) is 0 Å². The van der Waals surface area contributed by atoms with Crippen LogP contribution in [-0.2, 0) is 6.54 Å². The predicted octanol–water partition coefficient (Wildman–Crippen LogP) is 3.30. The van der Waals surface area contributed by atoms with Gasteiger partial charge in [0.05, 0.1) is 7.11 Å². The van der Waals surface area contributed by atoms with Gasteiger partial charge in [0.25, 0.3) is 0 Å². The summed E-state index contributed by atoms with van der Waals surface area (Å²) in [5, 5.41) is 1.02. The van der Waals surface area contributed by atoms with E-state index in [4.69, 9.17) is 4.74 Å². The molecule has 0 bridgehead atoms. The molecule has 1 rings (SSSR count). The van der Waals surface area contributed by atoms with Gasteiger partial charge in [0.2, 0.25) is 0 Å². The van der Waals surface area contributed by atoms with Crippen LogP contribution in [0.3, 0.4) is 0 Å². The van der Waals surface area contributed by atoms with E-state index in [1.165, 1.54) is 12.0 Å². The third-order valence-corrected chi connectivity index (χ3v) is 2.88. The SMILES string of the molecule is CCCN(CCBr)Cc1ccccc1OC. The second-order valence-electron chi connectivity index (χ2n) is 3.78. The van der Waals surface area contributed by atoms with Gasteiger partial charge in [0.1, 0.15) is 5.75 Å². The Hall–Kier alpha value is -0.540. The lowest BCUT2D eigenvalue weighted by molar-refractivity contribution is 0.278. The van der Waals surface area contributed by atoms with E-state index >= 15 is 0 Å². The number of nitrogens with zero attached hydrogens (tertiary/aromatic N) is 1. The first-order valence-corrected chi connectivity index (χ1v) is 6.84. The second-order valence-corrected chi connectivity index (χ2v) is 4.57. The van der Waals surface area contributed by atoms with Gasteiger partial charge in [0, 0.05) is 24.0 Å². The molecule has 0 radical (unpaired) electrons.